The third-order valence-electron chi connectivity index (χ3n) is 7.69. The Kier molecular flexibility index (Phi) is 4.12. The normalized spacial score (nSPS) is 40.8. The SMILES string of the molecule is CC12CC3CC(C)(C1)CC(C(=O)N1CCN(S(=O)(=O)c4cccs4)CC1)(C3)C2. The van der Waals surface area contributed by atoms with Gasteiger partial charge in [0.1, 0.15) is 4.21 Å². The molecule has 0 radical (unpaired) electrons. The van der Waals surface area contributed by atoms with Crippen LogP contribution >= 0.6 is 11.3 Å². The van der Waals surface area contributed by atoms with E-state index >= 15 is 0 Å². The minimum atomic E-state index is -3.42. The van der Waals surface area contributed by atoms with Crippen LogP contribution in [0.25, 0.3) is 0 Å². The molecule has 0 spiro atoms. The van der Waals surface area contributed by atoms with Gasteiger partial charge in [0.05, 0.1) is 5.41 Å². The molecule has 4 aliphatic carbocycles. The summed E-state index contributed by atoms with van der Waals surface area (Å²) >= 11 is 1.26. The van der Waals surface area contributed by atoms with Gasteiger partial charge in [-0.25, -0.2) is 8.42 Å². The number of hydrogen-bond acceptors (Lipinski definition) is 4. The zero-order valence-corrected chi connectivity index (χ0v) is 18.4. The highest BCUT2D eigenvalue weighted by Gasteiger charge is 2.63. The van der Waals surface area contributed by atoms with Crippen LogP contribution in [0.1, 0.15) is 52.4 Å². The van der Waals surface area contributed by atoms with E-state index in [9.17, 15) is 13.2 Å². The monoisotopic (exact) mass is 422 g/mol. The molecule has 28 heavy (non-hydrogen) atoms. The van der Waals surface area contributed by atoms with Crippen LogP contribution in [-0.4, -0.2) is 49.7 Å². The molecule has 5 fully saturated rings. The molecular formula is C21H30N2O3S2. The maximum Gasteiger partial charge on any atom is 0.252 e. The van der Waals surface area contributed by atoms with E-state index in [1.165, 1.54) is 30.6 Å². The number of carbonyl (C=O) groups excluding carboxylic acids is 1. The molecule has 2 heterocycles. The van der Waals surface area contributed by atoms with Gasteiger partial charge < -0.3 is 4.90 Å². The molecule has 1 saturated heterocycles. The first-order valence-corrected chi connectivity index (χ1v) is 12.8. The summed E-state index contributed by atoms with van der Waals surface area (Å²) in [6, 6.07) is 3.43. The van der Waals surface area contributed by atoms with Crippen molar-refractivity contribution in [3.63, 3.8) is 0 Å². The van der Waals surface area contributed by atoms with Crippen LogP contribution in [0, 0.1) is 22.2 Å². The van der Waals surface area contributed by atoms with Crippen LogP contribution in [0.3, 0.4) is 0 Å². The van der Waals surface area contributed by atoms with Crippen molar-refractivity contribution in [2.75, 3.05) is 26.2 Å². The molecule has 1 aromatic heterocycles. The first-order valence-electron chi connectivity index (χ1n) is 10.5. The van der Waals surface area contributed by atoms with Crippen molar-refractivity contribution >= 4 is 27.3 Å². The molecule has 1 amide bonds. The standard InChI is InChI=1S/C21H30N2O3S2/c1-19-10-16-11-20(2,13-19)15-21(12-16,14-19)18(24)22-5-7-23(8-6-22)28(25,26)17-4-3-9-27-17/h3-4,9,16H,5-8,10-15H2,1-2H3. The van der Waals surface area contributed by atoms with Crippen LogP contribution < -0.4 is 0 Å². The predicted molar refractivity (Wildman–Crippen MR) is 109 cm³/mol. The molecule has 6 rings (SSSR count). The number of hydrogen-bond donors (Lipinski definition) is 0. The van der Waals surface area contributed by atoms with E-state index in [2.05, 4.69) is 13.8 Å². The van der Waals surface area contributed by atoms with Gasteiger partial charge in [0.2, 0.25) is 5.91 Å². The topological polar surface area (TPSA) is 57.7 Å². The number of amides is 1. The second-order valence-electron chi connectivity index (χ2n) is 10.5. The van der Waals surface area contributed by atoms with Crippen LogP contribution in [0.15, 0.2) is 21.7 Å². The molecule has 5 nitrogen and oxygen atoms in total. The molecule has 2 atom stereocenters. The fourth-order valence-corrected chi connectivity index (χ4v) is 10.3. The number of rotatable bonds is 3. The Balaban J connectivity index is 1.32. The quantitative estimate of drug-likeness (QED) is 0.748. The van der Waals surface area contributed by atoms with E-state index < -0.39 is 10.0 Å². The molecule has 154 valence electrons. The van der Waals surface area contributed by atoms with Gasteiger partial charge in [-0.3, -0.25) is 4.79 Å². The molecule has 0 N–H and O–H groups in total. The fourth-order valence-electron chi connectivity index (χ4n) is 7.69. The summed E-state index contributed by atoms with van der Waals surface area (Å²) < 4.78 is 27.5. The zero-order valence-electron chi connectivity index (χ0n) is 16.8. The summed E-state index contributed by atoms with van der Waals surface area (Å²) in [5.74, 6) is 0.998. The van der Waals surface area contributed by atoms with E-state index in [4.69, 9.17) is 0 Å². The van der Waals surface area contributed by atoms with E-state index in [1.807, 2.05) is 4.90 Å². The molecular weight excluding hydrogens is 392 g/mol. The second-order valence-corrected chi connectivity index (χ2v) is 13.7. The van der Waals surface area contributed by atoms with Crippen LogP contribution in [0.2, 0.25) is 0 Å². The fraction of sp³-hybridized carbons (Fsp3) is 0.762. The predicted octanol–water partition coefficient (Wildman–Crippen LogP) is 3.58. The zero-order chi connectivity index (χ0) is 19.8. The lowest BCUT2D eigenvalue weighted by molar-refractivity contribution is -0.180. The Hall–Kier alpha value is -0.920. The molecule has 7 heteroatoms. The van der Waals surface area contributed by atoms with Crippen molar-refractivity contribution in [1.82, 2.24) is 9.21 Å². The molecule has 1 aromatic rings. The maximum atomic E-state index is 13.7. The van der Waals surface area contributed by atoms with Crippen molar-refractivity contribution in [1.29, 1.82) is 0 Å². The number of carbonyl (C=O) groups is 1. The van der Waals surface area contributed by atoms with Crippen LogP contribution in [0.5, 0.6) is 0 Å². The molecule has 4 saturated carbocycles. The highest BCUT2D eigenvalue weighted by molar-refractivity contribution is 7.91. The summed E-state index contributed by atoms with van der Waals surface area (Å²) in [4.78, 5) is 15.7. The Morgan fingerprint density at radius 2 is 1.68 bits per heavy atom. The minimum Gasteiger partial charge on any atom is -0.340 e. The Morgan fingerprint density at radius 1 is 1.04 bits per heavy atom. The molecule has 0 aromatic carbocycles. The van der Waals surface area contributed by atoms with Gasteiger partial charge in [0.25, 0.3) is 10.0 Å². The minimum absolute atomic E-state index is 0.197. The van der Waals surface area contributed by atoms with Crippen molar-refractivity contribution in [3.05, 3.63) is 17.5 Å². The Bertz CT molecular complexity index is 869. The van der Waals surface area contributed by atoms with E-state index in [0.717, 1.165) is 19.3 Å². The lowest BCUT2D eigenvalue weighted by Gasteiger charge is -2.65. The number of sulfonamides is 1. The van der Waals surface area contributed by atoms with E-state index in [1.54, 1.807) is 21.8 Å². The highest BCUT2D eigenvalue weighted by Crippen LogP contribution is 2.69. The Labute approximate surface area is 172 Å². The second kappa shape index (κ2) is 6.05. The third kappa shape index (κ3) is 2.88. The summed E-state index contributed by atoms with van der Waals surface area (Å²) in [7, 11) is -3.42. The van der Waals surface area contributed by atoms with Gasteiger partial charge >= 0.3 is 0 Å². The number of piperazine rings is 1. The van der Waals surface area contributed by atoms with Crippen molar-refractivity contribution < 1.29 is 13.2 Å². The molecule has 1 aliphatic heterocycles. The highest BCUT2D eigenvalue weighted by atomic mass is 32.2. The lowest BCUT2D eigenvalue weighted by Crippen LogP contribution is -2.62. The van der Waals surface area contributed by atoms with Gasteiger partial charge in [-0.1, -0.05) is 19.9 Å². The summed E-state index contributed by atoms with van der Waals surface area (Å²) in [6.07, 6.45) is 6.93. The van der Waals surface area contributed by atoms with Gasteiger partial charge in [-0.2, -0.15) is 4.31 Å². The number of nitrogens with zero attached hydrogens (tertiary/aromatic N) is 2. The first-order chi connectivity index (χ1) is 13.1. The van der Waals surface area contributed by atoms with Gasteiger partial charge in [0, 0.05) is 26.2 Å². The van der Waals surface area contributed by atoms with Crippen LogP contribution in [0.4, 0.5) is 0 Å². The van der Waals surface area contributed by atoms with Crippen molar-refractivity contribution in [2.45, 2.75) is 56.6 Å². The molecule has 4 bridgehead atoms. The first kappa shape index (κ1) is 19.1. The van der Waals surface area contributed by atoms with Gasteiger partial charge in [0.15, 0.2) is 0 Å². The third-order valence-corrected chi connectivity index (χ3v) is 11.0. The summed E-state index contributed by atoms with van der Waals surface area (Å²) in [5, 5.41) is 1.79. The average molecular weight is 423 g/mol. The largest absolute Gasteiger partial charge is 0.340 e. The van der Waals surface area contributed by atoms with E-state index in [-0.39, 0.29) is 5.41 Å². The lowest BCUT2D eigenvalue weighted by atomic mass is 9.40. The van der Waals surface area contributed by atoms with Crippen molar-refractivity contribution in [3.8, 4) is 0 Å². The maximum absolute atomic E-state index is 13.7. The summed E-state index contributed by atoms with van der Waals surface area (Å²) in [5.41, 5.74) is 0.431. The smallest absolute Gasteiger partial charge is 0.252 e. The van der Waals surface area contributed by atoms with Gasteiger partial charge in [-0.05, 0) is 66.7 Å². The Morgan fingerprint density at radius 3 is 2.21 bits per heavy atom. The molecule has 5 aliphatic rings. The van der Waals surface area contributed by atoms with Crippen LogP contribution in [-0.2, 0) is 14.8 Å². The van der Waals surface area contributed by atoms with Crippen molar-refractivity contribution in [2.24, 2.45) is 22.2 Å². The molecule has 2 unspecified atom stereocenters. The van der Waals surface area contributed by atoms with Gasteiger partial charge in [-0.15, -0.1) is 11.3 Å². The summed E-state index contributed by atoms with van der Waals surface area (Å²) in [6.45, 7) is 6.62. The van der Waals surface area contributed by atoms with E-state index in [0.29, 0.717) is 53.0 Å². The number of thiophene rings is 1. The average Bonchev–Trinajstić information content (AvgIpc) is 3.13.